The predicted octanol–water partition coefficient (Wildman–Crippen LogP) is 5.16. The van der Waals surface area contributed by atoms with E-state index in [-0.39, 0.29) is 5.91 Å². The molecule has 0 spiro atoms. The second-order valence-electron chi connectivity index (χ2n) is 4.04. The van der Waals surface area contributed by atoms with Crippen LogP contribution in [0.4, 0.5) is 5.69 Å². The van der Waals surface area contributed by atoms with Crippen molar-refractivity contribution in [1.29, 1.82) is 0 Å². The van der Waals surface area contributed by atoms with Gasteiger partial charge in [-0.1, -0.05) is 23.2 Å². The Morgan fingerprint density at radius 3 is 2.53 bits per heavy atom. The third kappa shape index (κ3) is 3.61. The van der Waals surface area contributed by atoms with Gasteiger partial charge in [-0.15, -0.1) is 0 Å². The van der Waals surface area contributed by atoms with Crippen molar-refractivity contribution in [2.24, 2.45) is 0 Å². The molecule has 0 atom stereocenters. The number of anilines is 1. The fourth-order valence-electron chi connectivity index (χ4n) is 1.60. The lowest BCUT2D eigenvalue weighted by Crippen LogP contribution is -2.12. The van der Waals surface area contributed by atoms with Crippen LogP contribution >= 0.6 is 45.8 Å². The smallest absolute Gasteiger partial charge is 0.255 e. The zero-order valence-corrected chi connectivity index (χ0v) is 13.7. The van der Waals surface area contributed by atoms with Crippen molar-refractivity contribution < 1.29 is 4.79 Å². The number of amides is 1. The number of hydrogen-bond donors (Lipinski definition) is 1. The van der Waals surface area contributed by atoms with Crippen molar-refractivity contribution >= 4 is 57.4 Å². The Kier molecular flexibility index (Phi) is 4.71. The van der Waals surface area contributed by atoms with Gasteiger partial charge in [-0.3, -0.25) is 4.79 Å². The summed E-state index contributed by atoms with van der Waals surface area (Å²) in [7, 11) is 0. The molecule has 98 valence electrons. The Labute approximate surface area is 135 Å². The average Bonchev–Trinajstić information content (AvgIpc) is 2.36. The molecule has 2 aromatic carbocycles. The third-order valence-corrected chi connectivity index (χ3v) is 4.43. The summed E-state index contributed by atoms with van der Waals surface area (Å²) in [6.45, 7) is 1.89. The van der Waals surface area contributed by atoms with E-state index in [1.54, 1.807) is 30.3 Å². The highest BCUT2D eigenvalue weighted by Crippen LogP contribution is 2.22. The maximum absolute atomic E-state index is 12.1. The number of carbonyl (C=O) groups excluding carboxylic acids is 1. The van der Waals surface area contributed by atoms with Crippen LogP contribution in [-0.2, 0) is 0 Å². The largest absolute Gasteiger partial charge is 0.322 e. The molecule has 0 aliphatic heterocycles. The molecular weight excluding hydrogens is 396 g/mol. The van der Waals surface area contributed by atoms with Crippen molar-refractivity contribution in [2.45, 2.75) is 6.92 Å². The number of carbonyl (C=O) groups is 1. The minimum Gasteiger partial charge on any atom is -0.322 e. The van der Waals surface area contributed by atoms with Gasteiger partial charge in [0.1, 0.15) is 0 Å². The monoisotopic (exact) mass is 405 g/mol. The molecule has 0 radical (unpaired) electrons. The maximum atomic E-state index is 12.1. The first-order valence-electron chi connectivity index (χ1n) is 5.50. The van der Waals surface area contributed by atoms with Gasteiger partial charge in [0.25, 0.3) is 5.91 Å². The van der Waals surface area contributed by atoms with Crippen LogP contribution in [0.15, 0.2) is 36.4 Å². The lowest BCUT2D eigenvalue weighted by molar-refractivity contribution is 0.102. The zero-order chi connectivity index (χ0) is 14.0. The molecule has 0 heterocycles. The molecule has 19 heavy (non-hydrogen) atoms. The Balaban J connectivity index is 2.23. The van der Waals surface area contributed by atoms with Crippen molar-refractivity contribution in [2.75, 3.05) is 5.32 Å². The first-order valence-corrected chi connectivity index (χ1v) is 7.33. The summed E-state index contributed by atoms with van der Waals surface area (Å²) in [4.78, 5) is 12.1. The van der Waals surface area contributed by atoms with Gasteiger partial charge in [-0.05, 0) is 71.5 Å². The second-order valence-corrected chi connectivity index (χ2v) is 6.05. The van der Waals surface area contributed by atoms with E-state index >= 15 is 0 Å². The van der Waals surface area contributed by atoms with E-state index in [1.165, 1.54) is 0 Å². The molecule has 1 amide bonds. The molecule has 2 nitrogen and oxygen atoms in total. The normalized spacial score (nSPS) is 10.3. The lowest BCUT2D eigenvalue weighted by Gasteiger charge is -2.09. The van der Waals surface area contributed by atoms with Gasteiger partial charge >= 0.3 is 0 Å². The molecule has 0 aromatic heterocycles. The van der Waals surface area contributed by atoms with Gasteiger partial charge in [0, 0.05) is 19.8 Å². The number of nitrogens with one attached hydrogen (secondary N) is 1. The number of hydrogen-bond acceptors (Lipinski definition) is 1. The van der Waals surface area contributed by atoms with Crippen LogP contribution in [0.25, 0.3) is 0 Å². The number of halogens is 3. The molecule has 0 fully saturated rings. The van der Waals surface area contributed by atoms with Crippen LogP contribution in [0.2, 0.25) is 10.0 Å². The summed E-state index contributed by atoms with van der Waals surface area (Å²) < 4.78 is 0.915. The standard InChI is InChI=1S/C14H10Cl2INO/c1-8-6-10(15)3-5-13(8)18-14(19)9-2-4-12(17)11(16)7-9/h2-7H,1H3,(H,18,19). The van der Waals surface area contributed by atoms with Crippen molar-refractivity contribution in [3.8, 4) is 0 Å². The maximum Gasteiger partial charge on any atom is 0.255 e. The fourth-order valence-corrected chi connectivity index (χ4v) is 2.34. The summed E-state index contributed by atoms with van der Waals surface area (Å²) in [5.74, 6) is -0.191. The lowest BCUT2D eigenvalue weighted by atomic mass is 10.1. The highest BCUT2D eigenvalue weighted by atomic mass is 127. The zero-order valence-electron chi connectivity index (χ0n) is 10.0. The van der Waals surface area contributed by atoms with Gasteiger partial charge in [0.05, 0.1) is 5.02 Å². The highest BCUT2D eigenvalue weighted by molar-refractivity contribution is 14.1. The molecular formula is C14H10Cl2INO. The summed E-state index contributed by atoms with van der Waals surface area (Å²) in [6, 6.07) is 10.5. The first-order chi connectivity index (χ1) is 8.97. The molecule has 2 aromatic rings. The Bertz CT molecular complexity index is 643. The van der Waals surface area contributed by atoms with Crippen LogP contribution in [0.3, 0.4) is 0 Å². The molecule has 0 aliphatic rings. The predicted molar refractivity (Wildman–Crippen MR) is 88.3 cm³/mol. The molecule has 2 rings (SSSR count). The van der Waals surface area contributed by atoms with E-state index in [0.717, 1.165) is 14.8 Å². The molecule has 1 N–H and O–H groups in total. The summed E-state index contributed by atoms with van der Waals surface area (Å²) >= 11 is 14.0. The summed E-state index contributed by atoms with van der Waals surface area (Å²) in [5.41, 5.74) is 2.18. The average molecular weight is 406 g/mol. The van der Waals surface area contributed by atoms with Crippen molar-refractivity contribution in [3.63, 3.8) is 0 Å². The quantitative estimate of drug-likeness (QED) is 0.687. The summed E-state index contributed by atoms with van der Waals surface area (Å²) in [6.07, 6.45) is 0. The third-order valence-electron chi connectivity index (χ3n) is 2.62. The van der Waals surface area contributed by atoms with E-state index in [0.29, 0.717) is 15.6 Å². The van der Waals surface area contributed by atoms with E-state index in [2.05, 4.69) is 27.9 Å². The van der Waals surface area contributed by atoms with E-state index < -0.39 is 0 Å². The molecule has 0 bridgehead atoms. The van der Waals surface area contributed by atoms with Crippen LogP contribution < -0.4 is 5.32 Å². The minimum atomic E-state index is -0.191. The van der Waals surface area contributed by atoms with Gasteiger partial charge in [0.15, 0.2) is 0 Å². The highest BCUT2D eigenvalue weighted by Gasteiger charge is 2.09. The van der Waals surface area contributed by atoms with Crippen LogP contribution in [-0.4, -0.2) is 5.91 Å². The van der Waals surface area contributed by atoms with Gasteiger partial charge < -0.3 is 5.32 Å². The van der Waals surface area contributed by atoms with E-state index in [4.69, 9.17) is 23.2 Å². The van der Waals surface area contributed by atoms with Crippen molar-refractivity contribution in [1.82, 2.24) is 0 Å². The SMILES string of the molecule is Cc1cc(Cl)ccc1NC(=O)c1ccc(I)c(Cl)c1. The second kappa shape index (κ2) is 6.11. The van der Waals surface area contributed by atoms with Crippen LogP contribution in [0, 0.1) is 10.5 Å². The fraction of sp³-hybridized carbons (Fsp3) is 0.0714. The molecule has 5 heteroatoms. The van der Waals surface area contributed by atoms with Gasteiger partial charge in [-0.2, -0.15) is 0 Å². The number of aryl methyl sites for hydroxylation is 1. The van der Waals surface area contributed by atoms with Crippen LogP contribution in [0.1, 0.15) is 15.9 Å². The minimum absolute atomic E-state index is 0.191. The molecule has 0 aliphatic carbocycles. The first kappa shape index (κ1) is 14.6. The Hall–Kier alpha value is -0.780. The van der Waals surface area contributed by atoms with Crippen molar-refractivity contribution in [3.05, 3.63) is 61.1 Å². The van der Waals surface area contributed by atoms with Gasteiger partial charge in [0.2, 0.25) is 0 Å². The van der Waals surface area contributed by atoms with Gasteiger partial charge in [-0.25, -0.2) is 0 Å². The Morgan fingerprint density at radius 2 is 1.89 bits per heavy atom. The molecule has 0 saturated heterocycles. The van der Waals surface area contributed by atoms with Crippen LogP contribution in [0.5, 0.6) is 0 Å². The van der Waals surface area contributed by atoms with E-state index in [9.17, 15) is 4.79 Å². The topological polar surface area (TPSA) is 29.1 Å². The number of rotatable bonds is 2. The summed E-state index contributed by atoms with van der Waals surface area (Å²) in [5, 5.41) is 4.06. The molecule has 0 saturated carbocycles. The molecule has 0 unspecified atom stereocenters. The number of benzene rings is 2. The van der Waals surface area contributed by atoms with E-state index in [1.807, 2.05) is 13.0 Å². The Morgan fingerprint density at radius 1 is 1.16 bits per heavy atom.